The van der Waals surface area contributed by atoms with Crippen molar-refractivity contribution in [3.05, 3.63) is 11.9 Å². The van der Waals surface area contributed by atoms with Crippen molar-refractivity contribution in [1.29, 1.82) is 0 Å². The molecule has 1 aliphatic carbocycles. The Bertz CT molecular complexity index is 402. The highest BCUT2D eigenvalue weighted by atomic mass is 16.5. The number of ether oxygens (including phenoxy) is 1. The first-order valence-corrected chi connectivity index (χ1v) is 7.44. The summed E-state index contributed by atoms with van der Waals surface area (Å²) in [5.74, 6) is 2.89. The lowest BCUT2D eigenvalue weighted by Gasteiger charge is -2.25. The van der Waals surface area contributed by atoms with Gasteiger partial charge in [0.25, 0.3) is 0 Å². The van der Waals surface area contributed by atoms with Gasteiger partial charge in [-0.25, -0.2) is 9.97 Å². The van der Waals surface area contributed by atoms with Gasteiger partial charge in [-0.15, -0.1) is 0 Å². The molecule has 4 nitrogen and oxygen atoms in total. The van der Waals surface area contributed by atoms with Gasteiger partial charge in [0.05, 0.1) is 12.2 Å². The number of nitrogens with one attached hydrogen (secondary N) is 1. The van der Waals surface area contributed by atoms with E-state index in [0.717, 1.165) is 42.8 Å². The second kappa shape index (κ2) is 6.73. The van der Waals surface area contributed by atoms with Gasteiger partial charge in [0.1, 0.15) is 12.1 Å². The maximum atomic E-state index is 5.90. The Morgan fingerprint density at radius 1 is 1.37 bits per heavy atom. The van der Waals surface area contributed by atoms with Crippen LogP contribution >= 0.6 is 0 Å². The first-order chi connectivity index (χ1) is 9.22. The third-order valence-electron chi connectivity index (χ3n) is 3.76. The van der Waals surface area contributed by atoms with E-state index in [1.807, 2.05) is 0 Å². The fourth-order valence-electron chi connectivity index (χ4n) is 2.43. The molecule has 1 aliphatic rings. The standard InChI is InChI=1S/C15H25N3O/c1-4-16-14-13(11(2)3)15(18-10-17-14)19-9-8-12-6-5-7-12/h10-12H,4-9H2,1-3H3,(H,16,17,18). The molecule has 0 atom stereocenters. The minimum atomic E-state index is 0.356. The van der Waals surface area contributed by atoms with Crippen LogP contribution in [0.25, 0.3) is 0 Å². The van der Waals surface area contributed by atoms with Gasteiger partial charge in [-0.05, 0) is 25.2 Å². The third-order valence-corrected chi connectivity index (χ3v) is 3.76. The summed E-state index contributed by atoms with van der Waals surface area (Å²) in [5, 5.41) is 3.29. The number of aromatic nitrogens is 2. The predicted octanol–water partition coefficient (Wildman–Crippen LogP) is 3.60. The summed E-state index contributed by atoms with van der Waals surface area (Å²) in [6, 6.07) is 0. The molecule has 4 heteroatoms. The topological polar surface area (TPSA) is 47.0 Å². The SMILES string of the molecule is CCNc1ncnc(OCCC2CCC2)c1C(C)C. The van der Waals surface area contributed by atoms with E-state index < -0.39 is 0 Å². The summed E-state index contributed by atoms with van der Waals surface area (Å²) in [7, 11) is 0. The first kappa shape index (κ1) is 14.1. The molecule has 1 saturated carbocycles. The van der Waals surface area contributed by atoms with E-state index in [2.05, 4.69) is 36.1 Å². The Morgan fingerprint density at radius 2 is 2.16 bits per heavy atom. The summed E-state index contributed by atoms with van der Waals surface area (Å²) in [6.07, 6.45) is 6.86. The number of hydrogen-bond acceptors (Lipinski definition) is 4. The normalized spacial score (nSPS) is 15.4. The minimum Gasteiger partial charge on any atom is -0.477 e. The summed E-state index contributed by atoms with van der Waals surface area (Å²) >= 11 is 0. The van der Waals surface area contributed by atoms with Crippen molar-refractivity contribution < 1.29 is 4.74 Å². The molecule has 1 heterocycles. The molecule has 0 unspecified atom stereocenters. The summed E-state index contributed by atoms with van der Waals surface area (Å²) in [4.78, 5) is 8.63. The predicted molar refractivity (Wildman–Crippen MR) is 77.7 cm³/mol. The Kier molecular flexibility index (Phi) is 5.00. The molecule has 1 N–H and O–H groups in total. The van der Waals surface area contributed by atoms with Crippen LogP contribution in [0, 0.1) is 5.92 Å². The molecule has 19 heavy (non-hydrogen) atoms. The molecule has 1 aromatic rings. The zero-order chi connectivity index (χ0) is 13.7. The van der Waals surface area contributed by atoms with Gasteiger partial charge < -0.3 is 10.1 Å². The zero-order valence-electron chi connectivity index (χ0n) is 12.3. The second-order valence-electron chi connectivity index (χ2n) is 5.56. The second-order valence-corrected chi connectivity index (χ2v) is 5.56. The maximum Gasteiger partial charge on any atom is 0.222 e. The molecule has 0 bridgehead atoms. The van der Waals surface area contributed by atoms with Gasteiger partial charge in [-0.3, -0.25) is 0 Å². The number of rotatable bonds is 7. The van der Waals surface area contributed by atoms with Crippen LogP contribution in [0.5, 0.6) is 5.88 Å². The van der Waals surface area contributed by atoms with E-state index in [1.165, 1.54) is 19.3 Å². The van der Waals surface area contributed by atoms with Gasteiger partial charge in [0.2, 0.25) is 5.88 Å². The highest BCUT2D eigenvalue weighted by Gasteiger charge is 2.19. The van der Waals surface area contributed by atoms with Gasteiger partial charge in [0, 0.05) is 6.54 Å². The van der Waals surface area contributed by atoms with Crippen LogP contribution in [-0.4, -0.2) is 23.1 Å². The fourth-order valence-corrected chi connectivity index (χ4v) is 2.43. The van der Waals surface area contributed by atoms with Gasteiger partial charge >= 0.3 is 0 Å². The average Bonchev–Trinajstić information content (AvgIpc) is 2.32. The lowest BCUT2D eigenvalue weighted by atomic mass is 9.83. The average molecular weight is 263 g/mol. The van der Waals surface area contributed by atoms with Crippen LogP contribution < -0.4 is 10.1 Å². The van der Waals surface area contributed by atoms with E-state index in [9.17, 15) is 0 Å². The highest BCUT2D eigenvalue weighted by molar-refractivity contribution is 5.50. The van der Waals surface area contributed by atoms with Crippen LogP contribution in [0.15, 0.2) is 6.33 Å². The minimum absolute atomic E-state index is 0.356. The number of nitrogens with zero attached hydrogens (tertiary/aromatic N) is 2. The van der Waals surface area contributed by atoms with Crippen LogP contribution in [-0.2, 0) is 0 Å². The molecule has 0 radical (unpaired) electrons. The largest absolute Gasteiger partial charge is 0.477 e. The van der Waals surface area contributed by atoms with Gasteiger partial charge in [-0.2, -0.15) is 0 Å². The number of hydrogen-bond donors (Lipinski definition) is 1. The lowest BCUT2D eigenvalue weighted by molar-refractivity contribution is 0.215. The van der Waals surface area contributed by atoms with Crippen molar-refractivity contribution >= 4 is 5.82 Å². The monoisotopic (exact) mass is 263 g/mol. The highest BCUT2D eigenvalue weighted by Crippen LogP contribution is 2.32. The van der Waals surface area contributed by atoms with E-state index in [4.69, 9.17) is 4.74 Å². The molecule has 0 aliphatic heterocycles. The van der Waals surface area contributed by atoms with Gasteiger partial charge in [-0.1, -0.05) is 33.1 Å². The Balaban J connectivity index is 2.02. The molecule has 0 aromatic carbocycles. The molecule has 0 spiro atoms. The smallest absolute Gasteiger partial charge is 0.222 e. The molecular weight excluding hydrogens is 238 g/mol. The maximum absolute atomic E-state index is 5.90. The van der Waals surface area contributed by atoms with Crippen molar-refractivity contribution in [1.82, 2.24) is 9.97 Å². The fraction of sp³-hybridized carbons (Fsp3) is 0.733. The van der Waals surface area contributed by atoms with Crippen molar-refractivity contribution in [3.8, 4) is 5.88 Å². The van der Waals surface area contributed by atoms with Crippen molar-refractivity contribution in [2.75, 3.05) is 18.5 Å². The molecule has 1 fully saturated rings. The quantitative estimate of drug-likeness (QED) is 0.816. The summed E-state index contributed by atoms with van der Waals surface area (Å²) < 4.78 is 5.90. The summed E-state index contributed by atoms with van der Waals surface area (Å²) in [6.45, 7) is 8.01. The van der Waals surface area contributed by atoms with Gasteiger partial charge in [0.15, 0.2) is 0 Å². The van der Waals surface area contributed by atoms with Crippen LogP contribution in [0.4, 0.5) is 5.82 Å². The lowest BCUT2D eigenvalue weighted by Crippen LogP contribution is -2.16. The Morgan fingerprint density at radius 3 is 2.74 bits per heavy atom. The molecule has 106 valence electrons. The Labute approximate surface area is 116 Å². The van der Waals surface area contributed by atoms with Crippen molar-refractivity contribution in [3.63, 3.8) is 0 Å². The van der Waals surface area contributed by atoms with Crippen molar-refractivity contribution in [2.24, 2.45) is 5.92 Å². The molecule has 2 rings (SSSR count). The van der Waals surface area contributed by atoms with Crippen LogP contribution in [0.2, 0.25) is 0 Å². The number of anilines is 1. The third kappa shape index (κ3) is 3.58. The summed E-state index contributed by atoms with van der Waals surface area (Å²) in [5.41, 5.74) is 1.10. The van der Waals surface area contributed by atoms with Crippen molar-refractivity contribution in [2.45, 2.75) is 52.4 Å². The van der Waals surface area contributed by atoms with E-state index >= 15 is 0 Å². The van der Waals surface area contributed by atoms with Crippen LogP contribution in [0.3, 0.4) is 0 Å². The van der Waals surface area contributed by atoms with E-state index in [0.29, 0.717) is 5.92 Å². The van der Waals surface area contributed by atoms with E-state index in [1.54, 1.807) is 6.33 Å². The van der Waals surface area contributed by atoms with E-state index in [-0.39, 0.29) is 0 Å². The molecular formula is C15H25N3O. The molecule has 1 aromatic heterocycles. The first-order valence-electron chi connectivity index (χ1n) is 7.44. The molecule has 0 amide bonds. The van der Waals surface area contributed by atoms with Crippen LogP contribution in [0.1, 0.15) is 57.9 Å². The molecule has 0 saturated heterocycles. The Hall–Kier alpha value is -1.32. The zero-order valence-corrected chi connectivity index (χ0v) is 12.3.